The van der Waals surface area contributed by atoms with Crippen molar-refractivity contribution in [3.8, 4) is 11.5 Å². The molecule has 3 heteroatoms. The highest BCUT2D eigenvalue weighted by Crippen LogP contribution is 2.40. The first-order chi connectivity index (χ1) is 8.80. The van der Waals surface area contributed by atoms with E-state index in [1.54, 1.807) is 14.2 Å². The van der Waals surface area contributed by atoms with Gasteiger partial charge in [0.1, 0.15) is 11.5 Å². The first-order valence-electron chi connectivity index (χ1n) is 6.68. The van der Waals surface area contributed by atoms with Gasteiger partial charge in [0.15, 0.2) is 0 Å². The number of benzene rings is 1. The van der Waals surface area contributed by atoms with Crippen LogP contribution < -0.4 is 14.8 Å². The summed E-state index contributed by atoms with van der Waals surface area (Å²) in [7, 11) is 5.44. The second-order valence-corrected chi connectivity index (χ2v) is 4.95. The number of hydrogen-bond donors (Lipinski definition) is 1. The van der Waals surface area contributed by atoms with Crippen LogP contribution in [-0.2, 0) is 0 Å². The number of rotatable bonds is 6. The molecule has 1 aliphatic rings. The van der Waals surface area contributed by atoms with Gasteiger partial charge in [0.05, 0.1) is 19.8 Å². The van der Waals surface area contributed by atoms with Crippen LogP contribution in [0.1, 0.15) is 37.3 Å². The number of ether oxygens (including phenoxy) is 2. The molecule has 0 aromatic heterocycles. The number of hydrogen-bond acceptors (Lipinski definition) is 3. The van der Waals surface area contributed by atoms with Gasteiger partial charge in [-0.05, 0) is 31.5 Å². The predicted molar refractivity (Wildman–Crippen MR) is 73.3 cm³/mol. The second kappa shape index (κ2) is 6.10. The van der Waals surface area contributed by atoms with Crippen molar-refractivity contribution in [1.82, 2.24) is 5.32 Å². The molecule has 1 unspecified atom stereocenters. The van der Waals surface area contributed by atoms with Crippen LogP contribution in [0, 0.1) is 5.92 Å². The van der Waals surface area contributed by atoms with Gasteiger partial charge in [0.2, 0.25) is 0 Å². The van der Waals surface area contributed by atoms with Crippen LogP contribution in [0.5, 0.6) is 11.5 Å². The van der Waals surface area contributed by atoms with Gasteiger partial charge in [0.25, 0.3) is 0 Å². The molecule has 1 aliphatic carbocycles. The van der Waals surface area contributed by atoms with Crippen molar-refractivity contribution < 1.29 is 9.47 Å². The summed E-state index contributed by atoms with van der Waals surface area (Å²) in [5.41, 5.74) is 1.15. The van der Waals surface area contributed by atoms with Gasteiger partial charge in [-0.2, -0.15) is 0 Å². The van der Waals surface area contributed by atoms with Crippen LogP contribution in [0.2, 0.25) is 0 Å². The molecule has 0 amide bonds. The lowest BCUT2D eigenvalue weighted by Gasteiger charge is -2.31. The average Bonchev–Trinajstić information content (AvgIpc) is 2.37. The van der Waals surface area contributed by atoms with E-state index in [-0.39, 0.29) is 0 Å². The topological polar surface area (TPSA) is 30.5 Å². The molecular formula is C15H23NO2. The molecule has 1 atom stereocenters. The molecule has 0 saturated heterocycles. The lowest BCUT2D eigenvalue weighted by atomic mass is 9.79. The van der Waals surface area contributed by atoms with E-state index in [4.69, 9.17) is 9.47 Å². The van der Waals surface area contributed by atoms with Crippen LogP contribution in [0.25, 0.3) is 0 Å². The molecule has 0 radical (unpaired) electrons. The zero-order chi connectivity index (χ0) is 13.0. The number of nitrogens with one attached hydrogen (secondary N) is 1. The first kappa shape index (κ1) is 13.2. The quantitative estimate of drug-likeness (QED) is 0.840. The van der Waals surface area contributed by atoms with Crippen LogP contribution in [0.4, 0.5) is 0 Å². The van der Waals surface area contributed by atoms with Crippen molar-refractivity contribution in [2.45, 2.75) is 31.7 Å². The molecule has 1 fully saturated rings. The lowest BCUT2D eigenvalue weighted by Crippen LogP contribution is -2.24. The monoisotopic (exact) mass is 249 g/mol. The Morgan fingerprint density at radius 1 is 1.22 bits per heavy atom. The maximum absolute atomic E-state index is 5.48. The summed E-state index contributed by atoms with van der Waals surface area (Å²) in [5, 5.41) is 3.41. The van der Waals surface area contributed by atoms with Crippen LogP contribution in [0.15, 0.2) is 18.2 Å². The molecule has 1 saturated carbocycles. The fourth-order valence-corrected chi connectivity index (χ4v) is 2.67. The van der Waals surface area contributed by atoms with Crippen molar-refractivity contribution >= 4 is 0 Å². The summed E-state index contributed by atoms with van der Waals surface area (Å²) in [6, 6.07) is 6.28. The fraction of sp³-hybridized carbons (Fsp3) is 0.600. The van der Waals surface area contributed by atoms with Crippen molar-refractivity contribution in [3.05, 3.63) is 23.8 Å². The molecule has 1 N–H and O–H groups in total. The minimum absolute atomic E-state index is 0.307. The van der Waals surface area contributed by atoms with E-state index >= 15 is 0 Å². The Morgan fingerprint density at radius 3 is 2.22 bits per heavy atom. The van der Waals surface area contributed by atoms with Gasteiger partial charge < -0.3 is 14.8 Å². The zero-order valence-corrected chi connectivity index (χ0v) is 11.5. The van der Waals surface area contributed by atoms with Gasteiger partial charge in [-0.15, -0.1) is 0 Å². The van der Waals surface area contributed by atoms with Gasteiger partial charge >= 0.3 is 0 Å². The minimum Gasteiger partial charge on any atom is -0.496 e. The SMILES string of the molecule is CNC(CC1CCC1)c1c(OC)cccc1OC. The van der Waals surface area contributed by atoms with E-state index in [1.807, 2.05) is 25.2 Å². The van der Waals surface area contributed by atoms with Crippen LogP contribution in [-0.4, -0.2) is 21.3 Å². The Bertz CT molecular complexity index is 366. The molecule has 0 heterocycles. The van der Waals surface area contributed by atoms with E-state index in [1.165, 1.54) is 19.3 Å². The maximum Gasteiger partial charge on any atom is 0.127 e. The molecule has 0 spiro atoms. The summed E-state index contributed by atoms with van der Waals surface area (Å²) in [4.78, 5) is 0. The van der Waals surface area contributed by atoms with Gasteiger partial charge in [-0.3, -0.25) is 0 Å². The third kappa shape index (κ3) is 2.61. The molecule has 100 valence electrons. The summed E-state index contributed by atoms with van der Waals surface area (Å²) in [6.07, 6.45) is 5.25. The molecule has 2 rings (SSSR count). The van der Waals surface area contributed by atoms with E-state index in [2.05, 4.69) is 5.32 Å². The summed E-state index contributed by atoms with van der Waals surface area (Å²) >= 11 is 0. The van der Waals surface area contributed by atoms with Crippen molar-refractivity contribution in [2.24, 2.45) is 5.92 Å². The van der Waals surface area contributed by atoms with Crippen LogP contribution >= 0.6 is 0 Å². The van der Waals surface area contributed by atoms with Gasteiger partial charge in [0, 0.05) is 6.04 Å². The molecule has 3 nitrogen and oxygen atoms in total. The summed E-state index contributed by atoms with van der Waals surface area (Å²) in [5.74, 6) is 2.66. The summed E-state index contributed by atoms with van der Waals surface area (Å²) in [6.45, 7) is 0. The zero-order valence-electron chi connectivity index (χ0n) is 11.5. The smallest absolute Gasteiger partial charge is 0.127 e. The molecule has 0 aliphatic heterocycles. The Kier molecular flexibility index (Phi) is 4.48. The van der Waals surface area contributed by atoms with E-state index in [9.17, 15) is 0 Å². The molecule has 1 aromatic rings. The van der Waals surface area contributed by atoms with E-state index < -0.39 is 0 Å². The third-order valence-electron chi connectivity index (χ3n) is 3.96. The normalized spacial score (nSPS) is 17.1. The average molecular weight is 249 g/mol. The Morgan fingerprint density at radius 2 is 1.83 bits per heavy atom. The predicted octanol–water partition coefficient (Wildman–Crippen LogP) is 3.15. The molecule has 0 bridgehead atoms. The minimum atomic E-state index is 0.307. The highest BCUT2D eigenvalue weighted by Gasteiger charge is 2.26. The van der Waals surface area contributed by atoms with Crippen molar-refractivity contribution in [1.29, 1.82) is 0 Å². The highest BCUT2D eigenvalue weighted by atomic mass is 16.5. The highest BCUT2D eigenvalue weighted by molar-refractivity contribution is 5.47. The number of methoxy groups -OCH3 is 2. The molecular weight excluding hydrogens is 226 g/mol. The van der Waals surface area contributed by atoms with E-state index in [0.29, 0.717) is 6.04 Å². The standard InChI is InChI=1S/C15H23NO2/c1-16-12(10-11-6-4-7-11)15-13(17-2)8-5-9-14(15)18-3/h5,8-9,11-12,16H,4,6-7,10H2,1-3H3. The van der Waals surface area contributed by atoms with Gasteiger partial charge in [-0.25, -0.2) is 0 Å². The molecule has 1 aromatic carbocycles. The fourth-order valence-electron chi connectivity index (χ4n) is 2.67. The Hall–Kier alpha value is -1.22. The largest absolute Gasteiger partial charge is 0.496 e. The Balaban J connectivity index is 2.26. The molecule has 18 heavy (non-hydrogen) atoms. The second-order valence-electron chi connectivity index (χ2n) is 4.95. The first-order valence-corrected chi connectivity index (χ1v) is 6.68. The van der Waals surface area contributed by atoms with E-state index in [0.717, 1.165) is 29.4 Å². The van der Waals surface area contributed by atoms with Crippen LogP contribution in [0.3, 0.4) is 0 Å². The van der Waals surface area contributed by atoms with Crippen molar-refractivity contribution in [3.63, 3.8) is 0 Å². The maximum atomic E-state index is 5.48. The van der Waals surface area contributed by atoms with Gasteiger partial charge in [-0.1, -0.05) is 25.3 Å². The summed E-state index contributed by atoms with van der Waals surface area (Å²) < 4.78 is 11.0. The Labute approximate surface area is 109 Å². The third-order valence-corrected chi connectivity index (χ3v) is 3.96. The van der Waals surface area contributed by atoms with Crippen molar-refractivity contribution in [2.75, 3.05) is 21.3 Å². The lowest BCUT2D eigenvalue weighted by molar-refractivity contribution is 0.259.